The van der Waals surface area contributed by atoms with Crippen LogP contribution >= 0.6 is 15.9 Å². The average Bonchev–Trinajstić information content (AvgIpc) is 3.11. The third kappa shape index (κ3) is 4.70. The quantitative estimate of drug-likeness (QED) is 0.562. The van der Waals surface area contributed by atoms with Gasteiger partial charge in [-0.05, 0) is 73.8 Å². The van der Waals surface area contributed by atoms with Gasteiger partial charge in [0.15, 0.2) is 0 Å². The molecule has 0 fully saturated rings. The van der Waals surface area contributed by atoms with Crippen LogP contribution in [0.4, 0.5) is 0 Å². The SMILES string of the molecule is Cc1cc(C)n(CCCNC(=O)c2ccc(Cn3nc(C)c(Br)c3C)cc2)n1. The number of aromatic nitrogens is 4. The Hall–Kier alpha value is -2.41. The van der Waals surface area contributed by atoms with Crippen molar-refractivity contribution in [2.75, 3.05) is 6.54 Å². The van der Waals surface area contributed by atoms with E-state index >= 15 is 0 Å². The average molecular weight is 444 g/mol. The molecule has 0 saturated carbocycles. The summed E-state index contributed by atoms with van der Waals surface area (Å²) in [6, 6.07) is 9.76. The van der Waals surface area contributed by atoms with Crippen LogP contribution in [0.1, 0.15) is 45.1 Å². The lowest BCUT2D eigenvalue weighted by molar-refractivity contribution is 0.0952. The van der Waals surface area contributed by atoms with Crippen LogP contribution in [0.5, 0.6) is 0 Å². The van der Waals surface area contributed by atoms with E-state index in [1.165, 1.54) is 0 Å². The smallest absolute Gasteiger partial charge is 0.251 e. The van der Waals surface area contributed by atoms with E-state index in [9.17, 15) is 4.79 Å². The van der Waals surface area contributed by atoms with E-state index in [4.69, 9.17) is 0 Å². The van der Waals surface area contributed by atoms with E-state index in [1.54, 1.807) is 0 Å². The second-order valence-electron chi connectivity index (χ2n) is 7.10. The fourth-order valence-corrected chi connectivity index (χ4v) is 3.48. The lowest BCUT2D eigenvalue weighted by Gasteiger charge is -2.08. The summed E-state index contributed by atoms with van der Waals surface area (Å²) < 4.78 is 4.99. The van der Waals surface area contributed by atoms with E-state index in [1.807, 2.05) is 61.3 Å². The zero-order valence-corrected chi connectivity index (χ0v) is 18.4. The first-order valence-corrected chi connectivity index (χ1v) is 10.2. The molecule has 0 bridgehead atoms. The van der Waals surface area contributed by atoms with Crippen molar-refractivity contribution in [3.63, 3.8) is 0 Å². The highest BCUT2D eigenvalue weighted by Crippen LogP contribution is 2.20. The molecule has 0 unspecified atom stereocenters. The minimum atomic E-state index is -0.0474. The number of hydrogen-bond acceptors (Lipinski definition) is 3. The highest BCUT2D eigenvalue weighted by molar-refractivity contribution is 9.10. The predicted molar refractivity (Wildman–Crippen MR) is 114 cm³/mol. The molecular weight excluding hydrogens is 418 g/mol. The Morgan fingerprint density at radius 1 is 1.07 bits per heavy atom. The highest BCUT2D eigenvalue weighted by atomic mass is 79.9. The maximum atomic E-state index is 12.3. The van der Waals surface area contributed by atoms with Gasteiger partial charge in [0, 0.05) is 24.3 Å². The number of benzene rings is 1. The Kier molecular flexibility index (Phi) is 6.34. The number of nitrogens with zero attached hydrogens (tertiary/aromatic N) is 4. The molecule has 148 valence electrons. The summed E-state index contributed by atoms with van der Waals surface area (Å²) in [5.41, 5.74) is 6.03. The van der Waals surface area contributed by atoms with E-state index in [2.05, 4.69) is 37.5 Å². The van der Waals surface area contributed by atoms with Crippen molar-refractivity contribution in [1.29, 1.82) is 0 Å². The molecule has 0 aliphatic rings. The van der Waals surface area contributed by atoms with Crippen molar-refractivity contribution in [2.45, 2.75) is 47.2 Å². The van der Waals surface area contributed by atoms with E-state index < -0.39 is 0 Å². The molecule has 0 spiro atoms. The van der Waals surface area contributed by atoms with E-state index in [0.717, 1.165) is 45.8 Å². The highest BCUT2D eigenvalue weighted by Gasteiger charge is 2.10. The topological polar surface area (TPSA) is 64.7 Å². The minimum absolute atomic E-state index is 0.0474. The molecule has 0 radical (unpaired) electrons. The number of carbonyl (C=O) groups excluding carboxylic acids is 1. The number of rotatable bonds is 7. The first-order chi connectivity index (χ1) is 13.3. The molecule has 1 aromatic carbocycles. The molecule has 2 heterocycles. The van der Waals surface area contributed by atoms with Gasteiger partial charge in [-0.15, -0.1) is 0 Å². The van der Waals surface area contributed by atoms with Gasteiger partial charge < -0.3 is 5.32 Å². The Labute approximate surface area is 174 Å². The number of amides is 1. The van der Waals surface area contributed by atoms with Crippen molar-refractivity contribution in [1.82, 2.24) is 24.9 Å². The molecule has 3 rings (SSSR count). The third-order valence-electron chi connectivity index (χ3n) is 4.78. The molecular formula is C21H26BrN5O. The van der Waals surface area contributed by atoms with Crippen molar-refractivity contribution in [2.24, 2.45) is 0 Å². The number of halogens is 1. The summed E-state index contributed by atoms with van der Waals surface area (Å²) in [7, 11) is 0. The third-order valence-corrected chi connectivity index (χ3v) is 5.92. The molecule has 0 aliphatic carbocycles. The van der Waals surface area contributed by atoms with E-state index in [0.29, 0.717) is 18.7 Å². The van der Waals surface area contributed by atoms with Gasteiger partial charge >= 0.3 is 0 Å². The molecule has 3 aromatic rings. The second-order valence-corrected chi connectivity index (χ2v) is 7.89. The summed E-state index contributed by atoms with van der Waals surface area (Å²) in [5, 5.41) is 11.9. The molecule has 1 amide bonds. The van der Waals surface area contributed by atoms with Crippen molar-refractivity contribution in [3.05, 3.63) is 68.7 Å². The Balaban J connectivity index is 1.50. The maximum Gasteiger partial charge on any atom is 0.251 e. The van der Waals surface area contributed by atoms with Gasteiger partial charge in [-0.25, -0.2) is 0 Å². The summed E-state index contributed by atoms with van der Waals surface area (Å²) >= 11 is 3.55. The van der Waals surface area contributed by atoms with Crippen LogP contribution in [0.15, 0.2) is 34.8 Å². The van der Waals surface area contributed by atoms with Crippen LogP contribution in [0.3, 0.4) is 0 Å². The van der Waals surface area contributed by atoms with Crippen molar-refractivity contribution >= 4 is 21.8 Å². The molecule has 2 aromatic heterocycles. The Morgan fingerprint density at radius 3 is 2.36 bits per heavy atom. The number of hydrogen-bond donors (Lipinski definition) is 1. The largest absolute Gasteiger partial charge is 0.352 e. The van der Waals surface area contributed by atoms with Crippen LogP contribution in [-0.2, 0) is 13.1 Å². The fourth-order valence-electron chi connectivity index (χ4n) is 3.20. The number of aryl methyl sites for hydroxylation is 4. The van der Waals surface area contributed by atoms with Gasteiger partial charge in [-0.2, -0.15) is 10.2 Å². The van der Waals surface area contributed by atoms with Crippen LogP contribution in [0.25, 0.3) is 0 Å². The summed E-state index contributed by atoms with van der Waals surface area (Å²) in [4.78, 5) is 12.3. The second kappa shape index (κ2) is 8.73. The van der Waals surface area contributed by atoms with Gasteiger partial charge in [0.05, 0.1) is 28.1 Å². The minimum Gasteiger partial charge on any atom is -0.352 e. The lowest BCUT2D eigenvalue weighted by Crippen LogP contribution is -2.25. The Morgan fingerprint density at radius 2 is 1.79 bits per heavy atom. The summed E-state index contributed by atoms with van der Waals surface area (Å²) in [5.74, 6) is -0.0474. The zero-order chi connectivity index (χ0) is 20.3. The normalized spacial score (nSPS) is 11.0. The first kappa shape index (κ1) is 20.3. The molecule has 0 atom stereocenters. The van der Waals surface area contributed by atoms with Gasteiger partial charge in [-0.1, -0.05) is 12.1 Å². The predicted octanol–water partition coefficient (Wildman–Crippen LogP) is 3.94. The molecule has 0 saturated heterocycles. The first-order valence-electron chi connectivity index (χ1n) is 9.43. The number of carbonyl (C=O) groups is 1. The summed E-state index contributed by atoms with van der Waals surface area (Å²) in [6.07, 6.45) is 0.846. The molecule has 28 heavy (non-hydrogen) atoms. The van der Waals surface area contributed by atoms with Crippen LogP contribution in [0, 0.1) is 27.7 Å². The molecule has 1 N–H and O–H groups in total. The van der Waals surface area contributed by atoms with Crippen LogP contribution < -0.4 is 5.32 Å². The maximum absolute atomic E-state index is 12.3. The fraction of sp³-hybridized carbons (Fsp3) is 0.381. The zero-order valence-electron chi connectivity index (χ0n) is 16.8. The monoisotopic (exact) mass is 443 g/mol. The molecule has 7 heteroatoms. The number of nitrogens with one attached hydrogen (secondary N) is 1. The molecule has 0 aliphatic heterocycles. The van der Waals surface area contributed by atoms with Gasteiger partial charge in [0.2, 0.25) is 0 Å². The van der Waals surface area contributed by atoms with E-state index in [-0.39, 0.29) is 5.91 Å². The van der Waals surface area contributed by atoms with Crippen LogP contribution in [0.2, 0.25) is 0 Å². The van der Waals surface area contributed by atoms with Crippen LogP contribution in [-0.4, -0.2) is 32.0 Å². The van der Waals surface area contributed by atoms with Gasteiger partial charge in [0.1, 0.15) is 0 Å². The summed E-state index contributed by atoms with van der Waals surface area (Å²) in [6.45, 7) is 10.2. The standard InChI is InChI=1S/C21H26BrN5O/c1-14-12-15(2)26(24-14)11-5-10-23-21(28)19-8-6-18(7-9-19)13-27-17(4)20(22)16(3)25-27/h6-9,12H,5,10-11,13H2,1-4H3,(H,23,28). The van der Waals surface area contributed by atoms with Gasteiger partial charge in [0.25, 0.3) is 5.91 Å². The Bertz CT molecular complexity index is 972. The molecule has 6 nitrogen and oxygen atoms in total. The van der Waals surface area contributed by atoms with Crippen molar-refractivity contribution < 1.29 is 4.79 Å². The van der Waals surface area contributed by atoms with Gasteiger partial charge in [-0.3, -0.25) is 14.2 Å². The lowest BCUT2D eigenvalue weighted by atomic mass is 10.1. The van der Waals surface area contributed by atoms with Crippen molar-refractivity contribution in [3.8, 4) is 0 Å².